The predicted molar refractivity (Wildman–Crippen MR) is 128 cm³/mol. The van der Waals surface area contributed by atoms with Crippen LogP contribution in [0.15, 0.2) is 47.8 Å². The van der Waals surface area contributed by atoms with Gasteiger partial charge in [0.05, 0.1) is 40.8 Å². The van der Waals surface area contributed by atoms with E-state index in [0.717, 1.165) is 23.8 Å². The van der Waals surface area contributed by atoms with Crippen molar-refractivity contribution < 1.29 is 41.8 Å². The SMILES string of the molecule is CC(Oc1ccc(/C=N/OCC(F)(F)F)nc1)c1cc(-c2ccc(C(=O)N[C@@H](CO)C(N)=O)c(F)c2)ns1. The molecule has 2 heterocycles. The minimum Gasteiger partial charge on any atom is -0.484 e. The second-order valence-corrected chi connectivity index (χ2v) is 8.56. The fraction of sp³-hybridized carbons (Fsp3) is 0.261. The highest BCUT2D eigenvalue weighted by molar-refractivity contribution is 7.06. The number of hydrogen-bond donors (Lipinski definition) is 3. The Bertz CT molecular complexity index is 1300. The molecule has 0 radical (unpaired) electrons. The van der Waals surface area contributed by atoms with Crippen LogP contribution >= 0.6 is 11.5 Å². The van der Waals surface area contributed by atoms with Gasteiger partial charge in [0.1, 0.15) is 23.7 Å². The van der Waals surface area contributed by atoms with Crippen molar-refractivity contribution in [1.82, 2.24) is 14.7 Å². The number of amides is 2. The van der Waals surface area contributed by atoms with Crippen molar-refractivity contribution in [2.24, 2.45) is 10.9 Å². The lowest BCUT2D eigenvalue weighted by molar-refractivity contribution is -0.173. The Morgan fingerprint density at radius 1 is 1.26 bits per heavy atom. The van der Waals surface area contributed by atoms with Crippen molar-refractivity contribution in [3.63, 3.8) is 0 Å². The molecular formula is C23H21F4N5O5S. The molecule has 0 bridgehead atoms. The van der Waals surface area contributed by atoms with Crippen LogP contribution in [0, 0.1) is 5.82 Å². The quantitative estimate of drug-likeness (QED) is 0.187. The average Bonchev–Trinajstić information content (AvgIpc) is 3.36. The number of oxime groups is 1. The van der Waals surface area contributed by atoms with Gasteiger partial charge in [0.15, 0.2) is 0 Å². The van der Waals surface area contributed by atoms with E-state index in [1.165, 1.54) is 24.4 Å². The van der Waals surface area contributed by atoms with Gasteiger partial charge >= 0.3 is 6.18 Å². The summed E-state index contributed by atoms with van der Waals surface area (Å²) in [6.45, 7) is -0.480. The highest BCUT2D eigenvalue weighted by Gasteiger charge is 2.28. The molecule has 0 fully saturated rings. The number of aliphatic hydroxyl groups excluding tert-OH is 1. The third-order valence-electron chi connectivity index (χ3n) is 4.83. The van der Waals surface area contributed by atoms with Gasteiger partial charge in [0.25, 0.3) is 5.91 Å². The van der Waals surface area contributed by atoms with Gasteiger partial charge in [-0.25, -0.2) is 4.39 Å². The molecule has 0 spiro atoms. The zero-order valence-corrected chi connectivity index (χ0v) is 20.4. The molecule has 0 aliphatic heterocycles. The Morgan fingerprint density at radius 2 is 2.03 bits per heavy atom. The summed E-state index contributed by atoms with van der Waals surface area (Å²) in [4.78, 5) is 32.3. The van der Waals surface area contributed by atoms with Gasteiger partial charge in [-0.3, -0.25) is 14.6 Å². The number of nitrogens with zero attached hydrogens (tertiary/aromatic N) is 3. The molecule has 3 rings (SSSR count). The zero-order valence-electron chi connectivity index (χ0n) is 19.6. The molecule has 0 aliphatic carbocycles. The van der Waals surface area contributed by atoms with Crippen molar-refractivity contribution in [3.8, 4) is 17.0 Å². The summed E-state index contributed by atoms with van der Waals surface area (Å²) in [5, 5.41) is 14.5. The van der Waals surface area contributed by atoms with Crippen LogP contribution in [0.1, 0.15) is 34.0 Å². The number of primary amides is 1. The number of alkyl halides is 3. The number of aliphatic hydroxyl groups is 1. The fourth-order valence-electron chi connectivity index (χ4n) is 2.92. The van der Waals surface area contributed by atoms with Crippen LogP contribution in [0.25, 0.3) is 11.3 Å². The number of hydrogen-bond acceptors (Lipinski definition) is 9. The highest BCUT2D eigenvalue weighted by atomic mass is 32.1. The van der Waals surface area contributed by atoms with Gasteiger partial charge in [-0.1, -0.05) is 11.2 Å². The smallest absolute Gasteiger partial charge is 0.425 e. The summed E-state index contributed by atoms with van der Waals surface area (Å²) in [6.07, 6.45) is -2.56. The number of halogens is 4. The number of benzene rings is 1. The van der Waals surface area contributed by atoms with Crippen LogP contribution in [0.3, 0.4) is 0 Å². The molecule has 2 aromatic heterocycles. The maximum Gasteiger partial charge on any atom is 0.425 e. The first-order valence-corrected chi connectivity index (χ1v) is 11.6. The van der Waals surface area contributed by atoms with Gasteiger partial charge in [0.2, 0.25) is 12.5 Å². The largest absolute Gasteiger partial charge is 0.484 e. The topological polar surface area (TPSA) is 149 Å². The van der Waals surface area contributed by atoms with Gasteiger partial charge in [-0.15, -0.1) is 0 Å². The van der Waals surface area contributed by atoms with Gasteiger partial charge in [-0.05, 0) is 48.8 Å². The van der Waals surface area contributed by atoms with Crippen molar-refractivity contribution >= 4 is 29.6 Å². The molecule has 0 aliphatic rings. The Kier molecular flexibility index (Phi) is 9.30. The third-order valence-corrected chi connectivity index (χ3v) is 5.78. The van der Waals surface area contributed by atoms with E-state index in [9.17, 15) is 27.2 Å². The number of carbonyl (C=O) groups is 2. The van der Waals surface area contributed by atoms with E-state index in [0.29, 0.717) is 21.9 Å². The molecular weight excluding hydrogens is 534 g/mol. The Hall–Kier alpha value is -4.11. The Labute approximate surface area is 217 Å². The van der Waals surface area contributed by atoms with Crippen LogP contribution in [-0.4, -0.2) is 57.9 Å². The normalized spacial score (nSPS) is 13.2. The van der Waals surface area contributed by atoms with Crippen molar-refractivity contribution in [2.45, 2.75) is 25.2 Å². The van der Waals surface area contributed by atoms with E-state index in [1.54, 1.807) is 19.1 Å². The zero-order chi connectivity index (χ0) is 27.9. The second kappa shape index (κ2) is 12.4. The molecule has 202 valence electrons. The maximum atomic E-state index is 14.6. The lowest BCUT2D eigenvalue weighted by Gasteiger charge is -2.13. The Balaban J connectivity index is 1.62. The first-order chi connectivity index (χ1) is 18.0. The molecule has 1 unspecified atom stereocenters. The molecule has 4 N–H and O–H groups in total. The van der Waals surface area contributed by atoms with Crippen LogP contribution in [-0.2, 0) is 9.63 Å². The predicted octanol–water partition coefficient (Wildman–Crippen LogP) is 2.97. The number of aromatic nitrogens is 2. The van der Waals surface area contributed by atoms with Crippen LogP contribution in [0.5, 0.6) is 5.75 Å². The number of ether oxygens (including phenoxy) is 1. The van der Waals surface area contributed by atoms with Gasteiger partial charge < -0.3 is 25.7 Å². The van der Waals surface area contributed by atoms with Gasteiger partial charge in [0, 0.05) is 5.56 Å². The molecule has 0 saturated carbocycles. The Morgan fingerprint density at radius 3 is 2.63 bits per heavy atom. The minimum atomic E-state index is -4.48. The third kappa shape index (κ3) is 7.94. The number of rotatable bonds is 11. The first kappa shape index (κ1) is 28.5. The van der Waals surface area contributed by atoms with Crippen LogP contribution in [0.4, 0.5) is 17.6 Å². The summed E-state index contributed by atoms with van der Waals surface area (Å²) in [5.74, 6) is -2.36. The van der Waals surface area contributed by atoms with Crippen molar-refractivity contribution in [2.75, 3.05) is 13.2 Å². The molecule has 10 nitrogen and oxygen atoms in total. The number of nitrogens with two attached hydrogens (primary N) is 1. The monoisotopic (exact) mass is 555 g/mol. The summed E-state index contributed by atoms with van der Waals surface area (Å²) < 4.78 is 60.9. The summed E-state index contributed by atoms with van der Waals surface area (Å²) >= 11 is 1.12. The highest BCUT2D eigenvalue weighted by Crippen LogP contribution is 2.30. The first-order valence-electron chi connectivity index (χ1n) is 10.8. The number of nitrogens with one attached hydrogen (secondary N) is 1. The lowest BCUT2D eigenvalue weighted by Crippen LogP contribution is -2.47. The van der Waals surface area contributed by atoms with Crippen LogP contribution in [0.2, 0.25) is 0 Å². The standard InChI is InChI=1S/C23H21F4N5O5S/c1-12(37-15-4-3-14(29-9-15)8-30-36-11-23(25,26)27)20-7-18(32-38-20)13-2-5-16(17(24)6-13)22(35)31-19(10-33)21(28)34/h2-9,12,19,33H,10-11H2,1H3,(H2,28,34)(H,31,35)/b30-8+/t12?,19-/m0/s1. The number of pyridine rings is 1. The fourth-order valence-corrected chi connectivity index (χ4v) is 3.64. The van der Waals surface area contributed by atoms with E-state index in [4.69, 9.17) is 15.6 Å². The lowest BCUT2D eigenvalue weighted by atomic mass is 10.1. The van der Waals surface area contributed by atoms with E-state index >= 15 is 0 Å². The average molecular weight is 556 g/mol. The van der Waals surface area contributed by atoms with Crippen molar-refractivity contribution in [3.05, 3.63) is 64.5 Å². The summed E-state index contributed by atoms with van der Waals surface area (Å²) in [7, 11) is 0. The molecule has 2 amide bonds. The second-order valence-electron chi connectivity index (χ2n) is 7.72. The van der Waals surface area contributed by atoms with Crippen molar-refractivity contribution in [1.29, 1.82) is 0 Å². The van der Waals surface area contributed by atoms with E-state index in [1.807, 2.05) is 0 Å². The van der Waals surface area contributed by atoms with Gasteiger partial charge in [-0.2, -0.15) is 17.5 Å². The number of carbonyl (C=O) groups excluding carboxylic acids is 2. The van der Waals surface area contributed by atoms with E-state index in [-0.39, 0.29) is 11.3 Å². The molecule has 3 aromatic rings. The molecule has 38 heavy (non-hydrogen) atoms. The van der Waals surface area contributed by atoms with E-state index < -0.39 is 49.2 Å². The molecule has 1 aromatic carbocycles. The summed E-state index contributed by atoms with van der Waals surface area (Å²) in [6, 6.07) is 7.18. The molecule has 15 heteroatoms. The van der Waals surface area contributed by atoms with E-state index in [2.05, 4.69) is 24.7 Å². The minimum absolute atomic E-state index is 0.257. The van der Waals surface area contributed by atoms with Crippen LogP contribution < -0.4 is 15.8 Å². The summed E-state index contributed by atoms with van der Waals surface area (Å²) in [5.41, 5.74) is 5.80. The molecule has 2 atom stereocenters. The molecule has 0 saturated heterocycles. The maximum absolute atomic E-state index is 14.6.